The van der Waals surface area contributed by atoms with Crippen molar-refractivity contribution in [3.63, 3.8) is 0 Å². The number of amides is 1. The number of hydrogen-bond acceptors (Lipinski definition) is 4. The first-order valence-electron chi connectivity index (χ1n) is 8.00. The molecule has 0 spiro atoms. The van der Waals surface area contributed by atoms with Crippen LogP contribution in [0.5, 0.6) is 0 Å². The van der Waals surface area contributed by atoms with Crippen molar-refractivity contribution in [2.24, 2.45) is 0 Å². The van der Waals surface area contributed by atoms with Crippen LogP contribution in [-0.4, -0.2) is 22.6 Å². The highest BCUT2D eigenvalue weighted by Gasteiger charge is 2.15. The number of carbonyl (C=O) groups is 1. The van der Waals surface area contributed by atoms with Gasteiger partial charge in [0, 0.05) is 16.5 Å². The van der Waals surface area contributed by atoms with Gasteiger partial charge >= 0.3 is 0 Å². The van der Waals surface area contributed by atoms with E-state index in [4.69, 9.17) is 23.2 Å². The summed E-state index contributed by atoms with van der Waals surface area (Å²) < 4.78 is 12.9. The van der Waals surface area contributed by atoms with Crippen LogP contribution in [0.4, 0.5) is 4.39 Å². The Bertz CT molecular complexity index is 937. The zero-order valence-corrected chi connectivity index (χ0v) is 16.3. The Balaban J connectivity index is 1.68. The monoisotopic (exact) mass is 421 g/mol. The number of nitrogens with one attached hydrogen (secondary N) is 1. The van der Waals surface area contributed by atoms with E-state index >= 15 is 0 Å². The van der Waals surface area contributed by atoms with Gasteiger partial charge in [-0.15, -0.1) is 10.2 Å². The zero-order chi connectivity index (χ0) is 19.2. The van der Waals surface area contributed by atoms with Crippen LogP contribution in [-0.2, 0) is 6.42 Å². The quantitative estimate of drug-likeness (QED) is 0.605. The number of hydrogen-bond donors (Lipinski definition) is 1. The summed E-state index contributed by atoms with van der Waals surface area (Å²) in [5.41, 5.74) is 1.27. The summed E-state index contributed by atoms with van der Waals surface area (Å²) in [4.78, 5) is 13.4. The Morgan fingerprint density at radius 1 is 1.04 bits per heavy atom. The highest BCUT2D eigenvalue weighted by Crippen LogP contribution is 2.30. The first kappa shape index (κ1) is 19.6. The van der Waals surface area contributed by atoms with Gasteiger partial charge in [0.1, 0.15) is 10.8 Å². The standard InChI is InChI=1S/C19H14Cl2FN3OS/c20-13-3-7-15(8-4-13)27-19-16(11-17(21)24-25-19)18(26)23-10-9-12-1-5-14(22)6-2-12/h1-8,11H,9-10H2,(H,23,26). The second kappa shape index (κ2) is 9.17. The van der Waals surface area contributed by atoms with E-state index in [1.165, 1.54) is 30.0 Å². The predicted molar refractivity (Wildman–Crippen MR) is 105 cm³/mol. The molecule has 1 aromatic heterocycles. The molecule has 0 unspecified atom stereocenters. The number of nitrogens with zero attached hydrogens (tertiary/aromatic N) is 2. The minimum atomic E-state index is -0.301. The topological polar surface area (TPSA) is 54.9 Å². The SMILES string of the molecule is O=C(NCCc1ccc(F)cc1)c1cc(Cl)nnc1Sc1ccc(Cl)cc1. The van der Waals surface area contributed by atoms with E-state index in [0.717, 1.165) is 10.5 Å². The summed E-state index contributed by atoms with van der Waals surface area (Å²) in [6, 6.07) is 14.8. The van der Waals surface area contributed by atoms with Crippen molar-refractivity contribution < 1.29 is 9.18 Å². The maximum absolute atomic E-state index is 12.9. The number of carbonyl (C=O) groups excluding carboxylic acids is 1. The molecule has 0 aliphatic carbocycles. The molecular weight excluding hydrogens is 408 g/mol. The Morgan fingerprint density at radius 3 is 2.44 bits per heavy atom. The molecule has 0 saturated heterocycles. The van der Waals surface area contributed by atoms with Crippen molar-refractivity contribution in [3.05, 3.63) is 81.7 Å². The van der Waals surface area contributed by atoms with Gasteiger partial charge in [0.2, 0.25) is 0 Å². The number of halogens is 3. The van der Waals surface area contributed by atoms with Gasteiger partial charge in [-0.1, -0.05) is 47.1 Å². The Hall–Kier alpha value is -2.15. The Kier molecular flexibility index (Phi) is 6.66. The average molecular weight is 422 g/mol. The lowest BCUT2D eigenvalue weighted by Gasteiger charge is -2.09. The van der Waals surface area contributed by atoms with Gasteiger partial charge < -0.3 is 5.32 Å². The fourth-order valence-electron chi connectivity index (χ4n) is 2.28. The summed E-state index contributed by atoms with van der Waals surface area (Å²) in [5, 5.41) is 11.9. The van der Waals surface area contributed by atoms with Crippen LogP contribution in [0.2, 0.25) is 10.2 Å². The second-order valence-corrected chi connectivity index (χ2v) is 7.46. The van der Waals surface area contributed by atoms with Crippen LogP contribution in [0, 0.1) is 5.82 Å². The van der Waals surface area contributed by atoms with Gasteiger partial charge in [0.05, 0.1) is 5.56 Å². The third-order valence-corrected chi connectivity index (χ3v) is 5.05. The fraction of sp³-hybridized carbons (Fsp3) is 0.105. The molecule has 0 atom stereocenters. The molecule has 27 heavy (non-hydrogen) atoms. The first-order chi connectivity index (χ1) is 13.0. The molecule has 0 fully saturated rings. The predicted octanol–water partition coefficient (Wildman–Crippen LogP) is 5.05. The highest BCUT2D eigenvalue weighted by atomic mass is 35.5. The Labute approximate surface area is 170 Å². The van der Waals surface area contributed by atoms with Crippen LogP contribution in [0.15, 0.2) is 64.5 Å². The second-order valence-electron chi connectivity index (χ2n) is 5.57. The molecule has 0 radical (unpaired) electrons. The average Bonchev–Trinajstić information content (AvgIpc) is 2.66. The number of aromatic nitrogens is 2. The van der Waals surface area contributed by atoms with E-state index in [-0.39, 0.29) is 16.9 Å². The van der Waals surface area contributed by atoms with Crippen molar-refractivity contribution in [1.29, 1.82) is 0 Å². The molecule has 0 bridgehead atoms. The van der Waals surface area contributed by atoms with Crippen LogP contribution < -0.4 is 5.32 Å². The van der Waals surface area contributed by atoms with E-state index in [1.54, 1.807) is 24.3 Å². The molecule has 8 heteroatoms. The third-order valence-electron chi connectivity index (χ3n) is 3.62. The summed E-state index contributed by atoms with van der Waals surface area (Å²) >= 11 is 13.1. The summed E-state index contributed by atoms with van der Waals surface area (Å²) in [6.07, 6.45) is 0.581. The molecule has 2 aromatic carbocycles. The van der Waals surface area contributed by atoms with Gasteiger partial charge in [-0.25, -0.2) is 4.39 Å². The maximum Gasteiger partial charge on any atom is 0.254 e. The molecule has 138 valence electrons. The minimum Gasteiger partial charge on any atom is -0.352 e. The lowest BCUT2D eigenvalue weighted by atomic mass is 10.1. The lowest BCUT2D eigenvalue weighted by molar-refractivity contribution is 0.0950. The highest BCUT2D eigenvalue weighted by molar-refractivity contribution is 7.99. The first-order valence-corrected chi connectivity index (χ1v) is 9.58. The van der Waals surface area contributed by atoms with E-state index in [0.29, 0.717) is 28.6 Å². The molecule has 1 heterocycles. The van der Waals surface area contributed by atoms with Crippen molar-refractivity contribution >= 4 is 40.9 Å². The van der Waals surface area contributed by atoms with Crippen LogP contribution in [0.1, 0.15) is 15.9 Å². The van der Waals surface area contributed by atoms with Crippen molar-refractivity contribution in [2.75, 3.05) is 6.54 Å². The van der Waals surface area contributed by atoms with Gasteiger partial charge in [-0.2, -0.15) is 0 Å². The summed E-state index contributed by atoms with van der Waals surface area (Å²) in [7, 11) is 0. The molecule has 1 N–H and O–H groups in total. The van der Waals surface area contributed by atoms with Gasteiger partial charge in [-0.05, 0) is 54.4 Å². The van der Waals surface area contributed by atoms with Crippen molar-refractivity contribution in [3.8, 4) is 0 Å². The molecule has 3 aromatic rings. The van der Waals surface area contributed by atoms with E-state index in [2.05, 4.69) is 15.5 Å². The fourth-order valence-corrected chi connectivity index (χ4v) is 3.39. The van der Waals surface area contributed by atoms with Crippen LogP contribution in [0.25, 0.3) is 0 Å². The van der Waals surface area contributed by atoms with Gasteiger partial charge in [-0.3, -0.25) is 4.79 Å². The van der Waals surface area contributed by atoms with Crippen molar-refractivity contribution in [2.45, 2.75) is 16.3 Å². The summed E-state index contributed by atoms with van der Waals surface area (Å²) in [6.45, 7) is 0.398. The summed E-state index contributed by atoms with van der Waals surface area (Å²) in [5.74, 6) is -0.588. The third kappa shape index (κ3) is 5.66. The minimum absolute atomic E-state index is 0.138. The van der Waals surface area contributed by atoms with Gasteiger partial charge in [0.25, 0.3) is 5.91 Å². The molecule has 0 aliphatic heterocycles. The number of benzene rings is 2. The molecule has 0 aliphatic rings. The van der Waals surface area contributed by atoms with E-state index in [1.807, 2.05) is 12.1 Å². The van der Waals surface area contributed by atoms with Crippen LogP contribution >= 0.6 is 35.0 Å². The van der Waals surface area contributed by atoms with Crippen molar-refractivity contribution in [1.82, 2.24) is 15.5 Å². The van der Waals surface area contributed by atoms with Gasteiger partial charge in [0.15, 0.2) is 5.15 Å². The zero-order valence-electron chi connectivity index (χ0n) is 14.0. The molecule has 0 saturated carbocycles. The number of rotatable bonds is 6. The van der Waals surface area contributed by atoms with Crippen LogP contribution in [0.3, 0.4) is 0 Å². The normalized spacial score (nSPS) is 10.6. The molecule has 4 nitrogen and oxygen atoms in total. The maximum atomic E-state index is 12.9. The van der Waals surface area contributed by atoms with E-state index < -0.39 is 0 Å². The molecule has 1 amide bonds. The lowest BCUT2D eigenvalue weighted by Crippen LogP contribution is -2.26. The smallest absolute Gasteiger partial charge is 0.254 e. The molecule has 3 rings (SSSR count). The molecular formula is C19H14Cl2FN3OS. The Morgan fingerprint density at radius 2 is 1.74 bits per heavy atom. The van der Waals surface area contributed by atoms with E-state index in [9.17, 15) is 9.18 Å². The largest absolute Gasteiger partial charge is 0.352 e.